The molecule has 0 aliphatic rings. The first-order valence-electron chi connectivity index (χ1n) is 5.29. The third-order valence-corrected chi connectivity index (χ3v) is 2.41. The molecule has 1 amide bonds. The van der Waals surface area contributed by atoms with Gasteiger partial charge in [0.1, 0.15) is 0 Å². The molecule has 17 heavy (non-hydrogen) atoms. The quantitative estimate of drug-likeness (QED) is 0.809. The lowest BCUT2D eigenvalue weighted by atomic mass is 10.1. The number of amides is 1. The maximum Gasteiger partial charge on any atom is 0.244 e. The lowest BCUT2D eigenvalue weighted by molar-refractivity contribution is -0.118. The van der Waals surface area contributed by atoms with Gasteiger partial charge >= 0.3 is 0 Å². The predicted octanol–water partition coefficient (Wildman–Crippen LogP) is 2.24. The number of aliphatic hydroxyl groups excluding tert-OH is 1. The molecule has 2 N–H and O–H groups in total. The summed E-state index contributed by atoms with van der Waals surface area (Å²) in [6.45, 7) is 3.40. The van der Waals surface area contributed by atoms with E-state index in [1.165, 1.54) is 6.08 Å². The number of nitrogens with one attached hydrogen (secondary N) is 1. The Kier molecular flexibility index (Phi) is 4.73. The summed E-state index contributed by atoms with van der Waals surface area (Å²) >= 11 is 5.75. The van der Waals surface area contributed by atoms with E-state index in [1.54, 1.807) is 32.1 Å². The van der Waals surface area contributed by atoms with Gasteiger partial charge in [0.2, 0.25) is 5.91 Å². The number of rotatable bonds is 4. The topological polar surface area (TPSA) is 49.3 Å². The highest BCUT2D eigenvalue weighted by atomic mass is 35.5. The van der Waals surface area contributed by atoms with Gasteiger partial charge in [-0.2, -0.15) is 0 Å². The van der Waals surface area contributed by atoms with E-state index >= 15 is 0 Å². The number of aliphatic hydroxyl groups is 1. The number of carbonyl (C=O) groups is 1. The van der Waals surface area contributed by atoms with Crippen molar-refractivity contribution in [2.24, 2.45) is 0 Å². The molecule has 0 fully saturated rings. The number of hydrogen-bond acceptors (Lipinski definition) is 2. The third kappa shape index (κ3) is 5.02. The van der Waals surface area contributed by atoms with Crippen molar-refractivity contribution in [3.8, 4) is 0 Å². The van der Waals surface area contributed by atoms with E-state index < -0.39 is 5.54 Å². The van der Waals surface area contributed by atoms with Crippen LogP contribution in [0.15, 0.2) is 30.3 Å². The van der Waals surface area contributed by atoms with Gasteiger partial charge in [-0.1, -0.05) is 23.7 Å². The van der Waals surface area contributed by atoms with Crippen LogP contribution in [0.1, 0.15) is 19.4 Å². The number of benzene rings is 1. The van der Waals surface area contributed by atoms with Gasteiger partial charge in [0.15, 0.2) is 0 Å². The maximum absolute atomic E-state index is 11.5. The molecule has 0 unspecified atom stereocenters. The van der Waals surface area contributed by atoms with Gasteiger partial charge in [0.25, 0.3) is 0 Å². The molecular formula is C13H16ClNO2. The molecule has 0 atom stereocenters. The van der Waals surface area contributed by atoms with Gasteiger partial charge in [0, 0.05) is 11.1 Å². The van der Waals surface area contributed by atoms with Crippen LogP contribution in [0.5, 0.6) is 0 Å². The minimum atomic E-state index is -0.610. The van der Waals surface area contributed by atoms with E-state index in [1.807, 2.05) is 12.1 Å². The Labute approximate surface area is 106 Å². The SMILES string of the molecule is CC(C)(CO)NC(=O)/C=C/c1ccc(Cl)cc1. The first-order valence-corrected chi connectivity index (χ1v) is 5.67. The van der Waals surface area contributed by atoms with E-state index in [0.717, 1.165) is 5.56 Å². The zero-order valence-corrected chi connectivity index (χ0v) is 10.7. The van der Waals surface area contributed by atoms with Crippen molar-refractivity contribution in [2.45, 2.75) is 19.4 Å². The summed E-state index contributed by atoms with van der Waals surface area (Å²) in [6, 6.07) is 7.17. The Morgan fingerprint density at radius 2 is 2.00 bits per heavy atom. The van der Waals surface area contributed by atoms with Crippen LogP contribution in [0.25, 0.3) is 6.08 Å². The molecule has 0 bridgehead atoms. The summed E-state index contributed by atoms with van der Waals surface area (Å²) in [6.07, 6.45) is 3.12. The van der Waals surface area contributed by atoms with Crippen molar-refractivity contribution in [2.75, 3.05) is 6.61 Å². The van der Waals surface area contributed by atoms with Crippen LogP contribution in [0.4, 0.5) is 0 Å². The second kappa shape index (κ2) is 5.84. The first-order chi connectivity index (χ1) is 7.93. The minimum absolute atomic E-state index is 0.104. The molecule has 0 aliphatic carbocycles. The van der Waals surface area contributed by atoms with Gasteiger partial charge in [-0.15, -0.1) is 0 Å². The standard InChI is InChI=1S/C13H16ClNO2/c1-13(2,9-16)15-12(17)8-5-10-3-6-11(14)7-4-10/h3-8,16H,9H2,1-2H3,(H,15,17)/b8-5+. The van der Waals surface area contributed by atoms with Crippen molar-refractivity contribution < 1.29 is 9.90 Å². The number of hydrogen-bond donors (Lipinski definition) is 2. The van der Waals surface area contributed by atoms with Crippen LogP contribution in [0, 0.1) is 0 Å². The Morgan fingerprint density at radius 1 is 1.41 bits per heavy atom. The highest BCUT2D eigenvalue weighted by molar-refractivity contribution is 6.30. The monoisotopic (exact) mass is 253 g/mol. The van der Waals surface area contributed by atoms with Crippen LogP contribution in [0.3, 0.4) is 0 Å². The fraction of sp³-hybridized carbons (Fsp3) is 0.308. The van der Waals surface area contributed by atoms with Gasteiger partial charge < -0.3 is 10.4 Å². The van der Waals surface area contributed by atoms with Crippen LogP contribution >= 0.6 is 11.6 Å². The molecule has 0 saturated carbocycles. The lowest BCUT2D eigenvalue weighted by Crippen LogP contribution is -2.45. The van der Waals surface area contributed by atoms with Crippen molar-refractivity contribution >= 4 is 23.6 Å². The van der Waals surface area contributed by atoms with Crippen LogP contribution in [-0.4, -0.2) is 23.2 Å². The zero-order chi connectivity index (χ0) is 12.9. The minimum Gasteiger partial charge on any atom is -0.394 e. The smallest absolute Gasteiger partial charge is 0.244 e. The van der Waals surface area contributed by atoms with Crippen molar-refractivity contribution in [1.82, 2.24) is 5.32 Å². The largest absolute Gasteiger partial charge is 0.394 e. The highest BCUT2D eigenvalue weighted by Crippen LogP contribution is 2.10. The summed E-state index contributed by atoms with van der Waals surface area (Å²) in [5.41, 5.74) is 0.285. The highest BCUT2D eigenvalue weighted by Gasteiger charge is 2.17. The Hall–Kier alpha value is -1.32. The van der Waals surface area contributed by atoms with E-state index in [9.17, 15) is 4.79 Å². The maximum atomic E-state index is 11.5. The molecule has 0 saturated heterocycles. The molecule has 4 heteroatoms. The molecule has 0 spiro atoms. The summed E-state index contributed by atoms with van der Waals surface area (Å²) < 4.78 is 0. The summed E-state index contributed by atoms with van der Waals surface area (Å²) in [4.78, 5) is 11.5. The van der Waals surface area contributed by atoms with Crippen LogP contribution in [0.2, 0.25) is 5.02 Å². The molecule has 3 nitrogen and oxygen atoms in total. The average molecular weight is 254 g/mol. The Balaban J connectivity index is 2.60. The zero-order valence-electron chi connectivity index (χ0n) is 9.90. The van der Waals surface area contributed by atoms with E-state index in [4.69, 9.17) is 16.7 Å². The predicted molar refractivity (Wildman–Crippen MR) is 69.8 cm³/mol. The summed E-state index contributed by atoms with van der Waals surface area (Å²) in [5, 5.41) is 12.4. The second-order valence-electron chi connectivity index (χ2n) is 4.42. The molecule has 1 aromatic rings. The van der Waals surface area contributed by atoms with Gasteiger partial charge in [0.05, 0.1) is 12.1 Å². The summed E-state index contributed by atoms with van der Waals surface area (Å²) in [5.74, 6) is -0.237. The molecule has 0 heterocycles. The molecule has 0 radical (unpaired) electrons. The molecule has 1 aromatic carbocycles. The summed E-state index contributed by atoms with van der Waals surface area (Å²) in [7, 11) is 0. The number of halogens is 1. The van der Waals surface area contributed by atoms with Crippen molar-refractivity contribution in [1.29, 1.82) is 0 Å². The third-order valence-electron chi connectivity index (χ3n) is 2.15. The Morgan fingerprint density at radius 3 is 2.53 bits per heavy atom. The van der Waals surface area contributed by atoms with Crippen molar-refractivity contribution in [3.05, 3.63) is 40.9 Å². The Bertz CT molecular complexity index is 410. The second-order valence-corrected chi connectivity index (χ2v) is 4.85. The lowest BCUT2D eigenvalue weighted by Gasteiger charge is -2.22. The molecular weight excluding hydrogens is 238 g/mol. The molecule has 0 aliphatic heterocycles. The normalized spacial score (nSPS) is 11.8. The molecule has 1 rings (SSSR count). The average Bonchev–Trinajstić information content (AvgIpc) is 2.28. The first kappa shape index (κ1) is 13.7. The number of carbonyl (C=O) groups excluding carboxylic acids is 1. The van der Waals surface area contributed by atoms with E-state index in [-0.39, 0.29) is 12.5 Å². The van der Waals surface area contributed by atoms with E-state index in [0.29, 0.717) is 5.02 Å². The van der Waals surface area contributed by atoms with Gasteiger partial charge in [-0.05, 0) is 37.6 Å². The van der Waals surface area contributed by atoms with E-state index in [2.05, 4.69) is 5.32 Å². The fourth-order valence-corrected chi connectivity index (χ4v) is 1.29. The molecule has 92 valence electrons. The van der Waals surface area contributed by atoms with Gasteiger partial charge in [-0.25, -0.2) is 0 Å². The fourth-order valence-electron chi connectivity index (χ4n) is 1.16. The van der Waals surface area contributed by atoms with Crippen LogP contribution < -0.4 is 5.32 Å². The van der Waals surface area contributed by atoms with Gasteiger partial charge in [-0.3, -0.25) is 4.79 Å². The van der Waals surface area contributed by atoms with Crippen molar-refractivity contribution in [3.63, 3.8) is 0 Å². The van der Waals surface area contributed by atoms with Crippen LogP contribution in [-0.2, 0) is 4.79 Å². The molecule has 0 aromatic heterocycles.